The van der Waals surface area contributed by atoms with Gasteiger partial charge in [-0.15, -0.1) is 0 Å². The number of hydrogen-bond acceptors (Lipinski definition) is 3. The van der Waals surface area contributed by atoms with Gasteiger partial charge in [-0.1, -0.05) is 46.4 Å². The number of alkyl halides is 1. The first kappa shape index (κ1) is 28.6. The zero-order valence-electron chi connectivity index (χ0n) is 22.8. The zero-order valence-corrected chi connectivity index (χ0v) is 25.0. The number of amides is 3. The Kier molecular flexibility index (Phi) is 10.1. The van der Waals surface area contributed by atoms with E-state index in [4.69, 9.17) is 0 Å². The van der Waals surface area contributed by atoms with Crippen molar-refractivity contribution < 1.29 is 14.4 Å². The summed E-state index contributed by atoms with van der Waals surface area (Å²) in [6.45, 7) is 4.84. The van der Waals surface area contributed by atoms with Crippen molar-refractivity contribution in [3.63, 3.8) is 0 Å². The van der Waals surface area contributed by atoms with Gasteiger partial charge in [-0.25, -0.2) is 0 Å². The van der Waals surface area contributed by atoms with Crippen LogP contribution >= 0.6 is 22.6 Å². The van der Waals surface area contributed by atoms with Crippen LogP contribution in [-0.4, -0.2) is 39.8 Å². The normalized spacial score (nSPS) is 38.3. The summed E-state index contributed by atoms with van der Waals surface area (Å²) in [6, 6.07) is 1.38. The molecule has 0 aromatic rings. The third kappa shape index (κ3) is 7.39. The summed E-state index contributed by atoms with van der Waals surface area (Å²) in [5.41, 5.74) is 1.59. The summed E-state index contributed by atoms with van der Waals surface area (Å²) in [5.74, 6) is 4.18. The fourth-order valence-corrected chi connectivity index (χ4v) is 9.24. The molecule has 37 heavy (non-hydrogen) atoms. The summed E-state index contributed by atoms with van der Waals surface area (Å²) in [6.07, 6.45) is 20.5. The number of hydrogen-bond donors (Lipinski definition) is 3. The van der Waals surface area contributed by atoms with Gasteiger partial charge in [-0.2, -0.15) is 0 Å². The molecule has 6 rings (SSSR count). The van der Waals surface area contributed by atoms with Crippen LogP contribution in [0.3, 0.4) is 0 Å². The van der Waals surface area contributed by atoms with Crippen molar-refractivity contribution >= 4 is 40.3 Å². The summed E-state index contributed by atoms with van der Waals surface area (Å²) in [4.78, 5) is 32.7. The predicted octanol–water partition coefficient (Wildman–Crippen LogP) is 5.21. The van der Waals surface area contributed by atoms with Gasteiger partial charge in [-0.3, -0.25) is 14.4 Å². The van der Waals surface area contributed by atoms with E-state index in [1.54, 1.807) is 26.3 Å². The van der Waals surface area contributed by atoms with E-state index in [-0.39, 0.29) is 17.7 Å². The highest BCUT2D eigenvalue weighted by molar-refractivity contribution is 14.1. The molecule has 3 amide bonds. The molecule has 4 fully saturated rings. The maximum absolute atomic E-state index is 11.0. The van der Waals surface area contributed by atoms with Gasteiger partial charge in [0.1, 0.15) is 0 Å². The Hall–Kier alpha value is -1.38. The van der Waals surface area contributed by atoms with Gasteiger partial charge in [0.2, 0.25) is 17.7 Å². The number of halogens is 1. The summed E-state index contributed by atoms with van der Waals surface area (Å²) >= 11 is 2.58. The molecule has 3 N–H and O–H groups in total. The maximum atomic E-state index is 11.0. The molecule has 0 heterocycles. The van der Waals surface area contributed by atoms with Gasteiger partial charge >= 0.3 is 0 Å². The Morgan fingerprint density at radius 1 is 0.730 bits per heavy atom. The van der Waals surface area contributed by atoms with Crippen molar-refractivity contribution in [1.82, 2.24) is 16.0 Å². The molecule has 0 aromatic carbocycles. The smallest absolute Gasteiger partial charge is 0.217 e. The van der Waals surface area contributed by atoms with Gasteiger partial charge in [-0.05, 0) is 94.3 Å². The summed E-state index contributed by atoms with van der Waals surface area (Å²) in [5, 5.41) is 9.16. The Labute approximate surface area is 236 Å². The van der Waals surface area contributed by atoms with Gasteiger partial charge in [0.15, 0.2) is 0 Å². The molecule has 7 heteroatoms. The van der Waals surface area contributed by atoms with Crippen LogP contribution in [0, 0.1) is 29.6 Å². The fourth-order valence-electron chi connectivity index (χ4n) is 7.99. The Bertz CT molecular complexity index is 903. The van der Waals surface area contributed by atoms with Crippen LogP contribution in [0.2, 0.25) is 0 Å². The average molecular weight is 624 g/mol. The second-order valence-electron chi connectivity index (χ2n) is 12.0. The first-order valence-corrected chi connectivity index (χ1v) is 15.8. The molecule has 0 radical (unpaired) electrons. The van der Waals surface area contributed by atoms with E-state index in [0.29, 0.717) is 30.0 Å². The Morgan fingerprint density at radius 2 is 1.35 bits per heavy atom. The van der Waals surface area contributed by atoms with Gasteiger partial charge < -0.3 is 16.0 Å². The molecule has 0 spiro atoms. The first-order chi connectivity index (χ1) is 17.7. The highest BCUT2D eigenvalue weighted by Crippen LogP contribution is 2.47. The minimum atomic E-state index is 0.118. The molecule has 0 bridgehead atoms. The molecule has 9 unspecified atom stereocenters. The van der Waals surface area contributed by atoms with E-state index < -0.39 is 0 Å². The second-order valence-corrected chi connectivity index (χ2v) is 13.6. The molecule has 0 aliphatic heterocycles. The maximum Gasteiger partial charge on any atom is 0.217 e. The van der Waals surface area contributed by atoms with Crippen LogP contribution in [0.1, 0.15) is 91.4 Å². The number of carbonyl (C=O) groups is 3. The van der Waals surface area contributed by atoms with Crippen molar-refractivity contribution in [2.45, 2.75) is 113 Å². The average Bonchev–Trinajstić information content (AvgIpc) is 3.63. The van der Waals surface area contributed by atoms with Crippen molar-refractivity contribution in [2.24, 2.45) is 29.6 Å². The highest BCUT2D eigenvalue weighted by Gasteiger charge is 2.44. The van der Waals surface area contributed by atoms with Gasteiger partial charge in [0.25, 0.3) is 0 Å². The largest absolute Gasteiger partial charge is 0.353 e. The van der Waals surface area contributed by atoms with Crippen molar-refractivity contribution in [3.8, 4) is 0 Å². The fraction of sp³-hybridized carbons (Fsp3) is 0.767. The third-order valence-corrected chi connectivity index (χ3v) is 11.1. The lowest BCUT2D eigenvalue weighted by Crippen LogP contribution is -2.36. The van der Waals surface area contributed by atoms with Crippen LogP contribution in [0.15, 0.2) is 23.8 Å². The highest BCUT2D eigenvalue weighted by atomic mass is 127. The summed E-state index contributed by atoms with van der Waals surface area (Å²) < 4.78 is 0.862. The topological polar surface area (TPSA) is 87.3 Å². The Balaban J connectivity index is 0.000000130. The molecule has 0 aromatic heterocycles. The molecular formula is C30H46IN3O3. The van der Waals surface area contributed by atoms with Crippen LogP contribution in [0.5, 0.6) is 0 Å². The quantitative estimate of drug-likeness (QED) is 0.229. The minimum Gasteiger partial charge on any atom is -0.353 e. The predicted molar refractivity (Wildman–Crippen MR) is 156 cm³/mol. The number of nitrogens with one attached hydrogen (secondary N) is 3. The van der Waals surface area contributed by atoms with Crippen molar-refractivity contribution in [2.75, 3.05) is 0 Å². The van der Waals surface area contributed by atoms with Crippen LogP contribution in [0.4, 0.5) is 0 Å². The second kappa shape index (κ2) is 13.1. The first-order valence-electron chi connectivity index (χ1n) is 14.5. The number of rotatable bonds is 3. The standard InChI is InChI=1S/C10H16INO.2C10H15NO/c1-6(13)12-10-5-3-7-8(10)2-4-9(7)11;2*1-7(12)11-10-6-5-8-3-2-4-9(8)10/h7-10H,2-5H2,1H3,(H,12,13);3,9-10H,2,4-6H2,1H3,(H,11,12);2-3,8-10H,4-6H2,1H3,(H,11,12). The van der Waals surface area contributed by atoms with E-state index >= 15 is 0 Å². The van der Waals surface area contributed by atoms with Crippen LogP contribution in [-0.2, 0) is 14.4 Å². The SMILES string of the molecule is CC(=O)NC1CCC2=CCCC21.CC(=O)NC1CCC2C(I)CCC12.CC(=O)NC1CCC2C=CCC21. The lowest BCUT2D eigenvalue weighted by Gasteiger charge is -2.19. The zero-order chi connectivity index (χ0) is 26.5. The number of fused-ring (bicyclic) bond motifs is 3. The van der Waals surface area contributed by atoms with Gasteiger partial charge in [0.05, 0.1) is 0 Å². The van der Waals surface area contributed by atoms with E-state index in [1.165, 1.54) is 57.8 Å². The van der Waals surface area contributed by atoms with Crippen molar-refractivity contribution in [1.29, 1.82) is 0 Å². The molecule has 6 aliphatic carbocycles. The number of carbonyl (C=O) groups excluding carboxylic acids is 3. The van der Waals surface area contributed by atoms with Gasteiger partial charge in [0, 0.05) is 48.7 Å². The molecule has 9 atom stereocenters. The lowest BCUT2D eigenvalue weighted by molar-refractivity contribution is -0.120. The molecule has 4 saturated carbocycles. The Morgan fingerprint density at radius 3 is 2.05 bits per heavy atom. The molecule has 6 aliphatic rings. The molecule has 6 nitrogen and oxygen atoms in total. The number of allylic oxidation sites excluding steroid dienone is 3. The van der Waals surface area contributed by atoms with E-state index in [2.05, 4.69) is 56.8 Å². The third-order valence-electron chi connectivity index (χ3n) is 9.54. The summed E-state index contributed by atoms with van der Waals surface area (Å²) in [7, 11) is 0. The molecule has 206 valence electrons. The van der Waals surface area contributed by atoms with E-state index in [9.17, 15) is 14.4 Å². The monoisotopic (exact) mass is 623 g/mol. The molecular weight excluding hydrogens is 577 g/mol. The minimum absolute atomic E-state index is 0.118. The van der Waals surface area contributed by atoms with Crippen molar-refractivity contribution in [3.05, 3.63) is 23.8 Å². The lowest BCUT2D eigenvalue weighted by atomic mass is 9.97. The van der Waals surface area contributed by atoms with Crippen LogP contribution in [0.25, 0.3) is 0 Å². The van der Waals surface area contributed by atoms with E-state index in [1.807, 2.05) is 0 Å². The van der Waals surface area contributed by atoms with E-state index in [0.717, 1.165) is 34.5 Å². The van der Waals surface area contributed by atoms with Crippen LogP contribution < -0.4 is 16.0 Å². The molecule has 0 saturated heterocycles.